The van der Waals surface area contributed by atoms with E-state index in [1.165, 1.54) is 0 Å². The molecule has 2 aromatic rings. The van der Waals surface area contributed by atoms with E-state index >= 15 is 0 Å². The normalized spacial score (nSPS) is 17.8. The fourth-order valence-corrected chi connectivity index (χ4v) is 4.63. The lowest BCUT2D eigenvalue weighted by atomic mass is 9.87. The molecule has 0 aliphatic carbocycles. The molecule has 0 atom stereocenters. The Hall–Kier alpha value is -3.21. The molecule has 3 N–H and O–H groups in total. The largest absolute Gasteiger partial charge is 0.387 e. The van der Waals surface area contributed by atoms with E-state index in [1.807, 2.05) is 18.5 Å². The molecule has 0 bridgehead atoms. The Morgan fingerprint density at radius 1 is 1.18 bits per heavy atom. The van der Waals surface area contributed by atoms with Crippen LogP contribution in [0.5, 0.6) is 0 Å². The number of nitrogens with zero attached hydrogens (tertiary/aromatic N) is 4. The first-order valence-electron chi connectivity index (χ1n) is 11.8. The number of nitrogens with one attached hydrogen (secondary N) is 3. The number of hydrogen-bond donors (Lipinski definition) is 3. The van der Waals surface area contributed by atoms with E-state index in [4.69, 9.17) is 14.6 Å². The second-order valence-corrected chi connectivity index (χ2v) is 8.87. The van der Waals surface area contributed by atoms with Gasteiger partial charge in [0.15, 0.2) is 11.2 Å². The van der Waals surface area contributed by atoms with Gasteiger partial charge in [-0.15, -0.1) is 0 Å². The predicted octanol–water partition coefficient (Wildman–Crippen LogP) is 1.49. The summed E-state index contributed by atoms with van der Waals surface area (Å²) in [5.74, 6) is -0.427. The van der Waals surface area contributed by atoms with E-state index in [2.05, 4.69) is 26.2 Å². The van der Waals surface area contributed by atoms with Crippen molar-refractivity contribution in [2.24, 2.45) is 5.16 Å². The summed E-state index contributed by atoms with van der Waals surface area (Å²) in [4.78, 5) is 35.0. The molecule has 1 saturated heterocycles. The van der Waals surface area contributed by atoms with Crippen LogP contribution in [0.15, 0.2) is 11.4 Å². The van der Waals surface area contributed by atoms with Gasteiger partial charge in [0.05, 0.1) is 35.3 Å². The topological polar surface area (TPSA) is 132 Å². The predicted molar refractivity (Wildman–Crippen MR) is 128 cm³/mol. The molecule has 0 saturated carbocycles. The smallest absolute Gasteiger partial charge is 0.223 e. The van der Waals surface area contributed by atoms with Gasteiger partial charge in [0.1, 0.15) is 0 Å². The second-order valence-electron chi connectivity index (χ2n) is 8.87. The maximum absolute atomic E-state index is 12.2. The number of pyridine rings is 1. The summed E-state index contributed by atoms with van der Waals surface area (Å²) < 4.78 is 7.42. The molecule has 2 aromatic heterocycles. The zero-order valence-electron chi connectivity index (χ0n) is 20.2. The van der Waals surface area contributed by atoms with Gasteiger partial charge in [0.25, 0.3) is 0 Å². The zero-order valence-corrected chi connectivity index (χ0v) is 20.2. The van der Waals surface area contributed by atoms with Crippen LogP contribution < -0.4 is 16.0 Å². The van der Waals surface area contributed by atoms with Crippen LogP contribution in [0.25, 0.3) is 11.0 Å². The monoisotopic (exact) mass is 471 g/mol. The Morgan fingerprint density at radius 3 is 2.47 bits per heavy atom. The first kappa shape index (κ1) is 23.9. The van der Waals surface area contributed by atoms with E-state index in [9.17, 15) is 9.59 Å². The van der Waals surface area contributed by atoms with Crippen molar-refractivity contribution in [2.45, 2.75) is 64.1 Å². The molecule has 0 aromatic carbocycles. The van der Waals surface area contributed by atoms with Crippen molar-refractivity contribution in [1.29, 1.82) is 0 Å². The number of carbonyl (C=O) groups is 2. The number of carbonyl (C=O) groups excluding carboxylic acids is 2. The van der Waals surface area contributed by atoms with Crippen molar-refractivity contribution in [3.05, 3.63) is 17.5 Å². The van der Waals surface area contributed by atoms with Gasteiger partial charge < -0.3 is 25.5 Å². The van der Waals surface area contributed by atoms with Gasteiger partial charge in [-0.3, -0.25) is 9.59 Å². The highest BCUT2D eigenvalue weighted by Gasteiger charge is 2.44. The van der Waals surface area contributed by atoms with E-state index in [-0.39, 0.29) is 30.7 Å². The molecular weight excluding hydrogens is 438 g/mol. The quantitative estimate of drug-likeness (QED) is 0.531. The van der Waals surface area contributed by atoms with Gasteiger partial charge in [-0.1, -0.05) is 5.16 Å². The van der Waals surface area contributed by atoms with Gasteiger partial charge in [-0.05, 0) is 26.7 Å². The molecule has 2 amide bonds. The molecule has 184 valence electrons. The first-order valence-corrected chi connectivity index (χ1v) is 11.8. The molecule has 4 rings (SSSR count). The molecule has 11 heteroatoms. The Balaban J connectivity index is 1.74. The molecule has 11 nitrogen and oxygen atoms in total. The van der Waals surface area contributed by atoms with Crippen LogP contribution >= 0.6 is 0 Å². The van der Waals surface area contributed by atoms with Crippen molar-refractivity contribution in [3.63, 3.8) is 0 Å². The fraction of sp³-hybridized carbons (Fsp3) is 0.609. The number of rotatable bonds is 8. The zero-order chi connectivity index (χ0) is 24.3. The van der Waals surface area contributed by atoms with Crippen LogP contribution in [-0.2, 0) is 25.7 Å². The maximum Gasteiger partial charge on any atom is 0.223 e. The third-order valence-electron chi connectivity index (χ3n) is 6.48. The number of oxime groups is 1. The van der Waals surface area contributed by atoms with Crippen LogP contribution in [0.2, 0.25) is 0 Å². The molecular formula is C23H33N7O4. The summed E-state index contributed by atoms with van der Waals surface area (Å²) in [7, 11) is 3.13. The van der Waals surface area contributed by atoms with Crippen LogP contribution in [0, 0.1) is 6.92 Å². The summed E-state index contributed by atoms with van der Waals surface area (Å²) in [6.07, 6.45) is 3.93. The van der Waals surface area contributed by atoms with Crippen molar-refractivity contribution in [2.75, 3.05) is 32.6 Å². The Kier molecular flexibility index (Phi) is 7.01. The lowest BCUT2D eigenvalue weighted by molar-refractivity contribution is -0.133. The number of anilines is 1. The van der Waals surface area contributed by atoms with Gasteiger partial charge >= 0.3 is 0 Å². The second kappa shape index (κ2) is 9.96. The van der Waals surface area contributed by atoms with Crippen molar-refractivity contribution < 1.29 is 19.2 Å². The highest BCUT2D eigenvalue weighted by atomic mass is 16.7. The van der Waals surface area contributed by atoms with Crippen molar-refractivity contribution in [3.8, 4) is 0 Å². The van der Waals surface area contributed by atoms with Gasteiger partial charge in [-0.25, -0.2) is 9.67 Å². The highest BCUT2D eigenvalue weighted by molar-refractivity contribution is 6.11. The summed E-state index contributed by atoms with van der Waals surface area (Å²) in [5.41, 5.74) is 2.99. The number of amides is 2. The average molecular weight is 472 g/mol. The molecule has 34 heavy (non-hydrogen) atoms. The molecule has 0 radical (unpaired) electrons. The van der Waals surface area contributed by atoms with E-state index in [0.29, 0.717) is 31.9 Å². The van der Waals surface area contributed by atoms with Crippen molar-refractivity contribution >= 4 is 34.2 Å². The third-order valence-corrected chi connectivity index (χ3v) is 6.48. The lowest BCUT2D eigenvalue weighted by Gasteiger charge is -2.26. The van der Waals surface area contributed by atoms with E-state index in [0.717, 1.165) is 40.8 Å². The number of aromatic nitrogens is 3. The van der Waals surface area contributed by atoms with Gasteiger partial charge in [0.2, 0.25) is 11.8 Å². The minimum Gasteiger partial charge on any atom is -0.387 e. The van der Waals surface area contributed by atoms with Crippen molar-refractivity contribution in [1.82, 2.24) is 25.4 Å². The standard InChI is InChI=1S/C23H33N7O4/c1-5-30-22-20(14(2)28-30)21(27-15-6-8-33-9-7-15)16(13-26-22)17-10-23(34-29-17,11-18(31)24-3)12-19(32)25-4/h13,15H,5-12H2,1-4H3,(H,24,31)(H,25,32)(H,26,27). The number of hydrogen-bond acceptors (Lipinski definition) is 8. The molecule has 2 aliphatic rings. The van der Waals surface area contributed by atoms with Crippen LogP contribution in [0.3, 0.4) is 0 Å². The molecule has 4 heterocycles. The molecule has 0 spiro atoms. The molecule has 2 aliphatic heterocycles. The average Bonchev–Trinajstić information content (AvgIpc) is 3.40. The maximum atomic E-state index is 12.2. The summed E-state index contributed by atoms with van der Waals surface area (Å²) in [6.45, 7) is 6.13. The molecule has 0 unspecified atom stereocenters. The van der Waals surface area contributed by atoms with E-state index < -0.39 is 5.60 Å². The summed E-state index contributed by atoms with van der Waals surface area (Å²) in [5, 5.41) is 18.9. The highest BCUT2D eigenvalue weighted by Crippen LogP contribution is 2.38. The Labute approximate surface area is 198 Å². The van der Waals surface area contributed by atoms with Crippen LogP contribution in [0.4, 0.5) is 5.69 Å². The minimum atomic E-state index is -1.05. The summed E-state index contributed by atoms with van der Waals surface area (Å²) >= 11 is 0. The molecule has 1 fully saturated rings. The first-order chi connectivity index (χ1) is 16.4. The SMILES string of the molecule is CCn1nc(C)c2c(NC3CCOCC3)c(C3=NOC(CC(=O)NC)(CC(=O)NC)C3)cnc21. The third kappa shape index (κ3) is 4.70. The number of aryl methyl sites for hydroxylation is 2. The summed E-state index contributed by atoms with van der Waals surface area (Å²) in [6, 6.07) is 0.242. The van der Waals surface area contributed by atoms with Crippen LogP contribution in [0.1, 0.15) is 50.3 Å². The minimum absolute atomic E-state index is 0.0229. The van der Waals surface area contributed by atoms with E-state index in [1.54, 1.807) is 20.3 Å². The van der Waals surface area contributed by atoms with Gasteiger partial charge in [-0.2, -0.15) is 5.10 Å². The number of ether oxygens (including phenoxy) is 1. The van der Waals surface area contributed by atoms with Gasteiger partial charge in [0, 0.05) is 58.1 Å². The van der Waals surface area contributed by atoms with Crippen LogP contribution in [-0.4, -0.2) is 71.2 Å². The lowest BCUT2D eigenvalue weighted by Crippen LogP contribution is -2.40. The Bertz CT molecular complexity index is 1090. The fourth-order valence-electron chi connectivity index (χ4n) is 4.63. The Morgan fingerprint density at radius 2 is 1.85 bits per heavy atom. The number of fused-ring (bicyclic) bond motifs is 1.